The first-order valence-corrected chi connectivity index (χ1v) is 11.8. The molecule has 0 aliphatic rings. The molecule has 0 fully saturated rings. The molecule has 0 atom stereocenters. The monoisotopic (exact) mass is 551 g/mol. The number of hydrogen-bond donors (Lipinski definition) is 2. The quantitative estimate of drug-likeness (QED) is 0.330. The van der Waals surface area contributed by atoms with E-state index in [4.69, 9.17) is 11.6 Å². The average molecular weight is 553 g/mol. The van der Waals surface area contributed by atoms with Crippen LogP contribution in [-0.4, -0.2) is 35.4 Å². The number of amides is 1. The van der Waals surface area contributed by atoms with Gasteiger partial charge >= 0.3 is 0 Å². The number of anilines is 1. The third-order valence-electron chi connectivity index (χ3n) is 5.61. The Labute approximate surface area is 212 Å². The summed E-state index contributed by atoms with van der Waals surface area (Å²) in [5.74, 6) is 0.0289. The van der Waals surface area contributed by atoms with Crippen LogP contribution in [0.5, 0.6) is 0 Å². The summed E-state index contributed by atoms with van der Waals surface area (Å²) in [6.45, 7) is 5.81. The lowest BCUT2D eigenvalue weighted by Gasteiger charge is -2.10. The topological polar surface area (TPSA) is 110 Å². The van der Waals surface area contributed by atoms with Crippen LogP contribution in [0.2, 0.25) is 5.02 Å². The first-order chi connectivity index (χ1) is 16.7. The number of nitrogens with one attached hydrogen (secondary N) is 2. The molecule has 0 spiro atoms. The van der Waals surface area contributed by atoms with E-state index in [9.17, 15) is 9.59 Å². The first kappa shape index (κ1) is 23.0. The number of rotatable bonds is 4. The minimum atomic E-state index is -0.430. The molecule has 0 saturated carbocycles. The summed E-state index contributed by atoms with van der Waals surface area (Å²) >= 11 is 9.57. The first-order valence-electron chi connectivity index (χ1n) is 10.6. The Balaban J connectivity index is 1.60. The minimum absolute atomic E-state index is 0.136. The molecular weight excluding hydrogens is 534 g/mol. The number of carbonyl (C=O) groups excluding carboxylic acids is 1. The lowest BCUT2D eigenvalue weighted by molar-refractivity contribution is 0.102. The van der Waals surface area contributed by atoms with Gasteiger partial charge in [0, 0.05) is 10.5 Å². The van der Waals surface area contributed by atoms with Crippen molar-refractivity contribution >= 4 is 50.3 Å². The summed E-state index contributed by atoms with van der Waals surface area (Å²) in [7, 11) is 0. The number of aromatic amines is 1. The van der Waals surface area contributed by atoms with Crippen LogP contribution >= 0.6 is 27.5 Å². The molecule has 0 aliphatic carbocycles. The molecule has 3 heterocycles. The molecule has 0 aliphatic heterocycles. The van der Waals surface area contributed by atoms with Crippen molar-refractivity contribution in [3.05, 3.63) is 90.9 Å². The van der Waals surface area contributed by atoms with Crippen LogP contribution in [-0.2, 0) is 0 Å². The van der Waals surface area contributed by atoms with Crippen molar-refractivity contribution < 1.29 is 4.79 Å². The van der Waals surface area contributed by atoms with Crippen LogP contribution in [0.25, 0.3) is 22.7 Å². The van der Waals surface area contributed by atoms with Gasteiger partial charge < -0.3 is 5.32 Å². The summed E-state index contributed by atoms with van der Waals surface area (Å²) in [6, 6.07) is 12.6. The highest BCUT2D eigenvalue weighted by atomic mass is 79.9. The standard InChI is InChI=1S/C24H19BrClN7O2/c1-12-4-6-16(8-13(12)2)32-21-18(11-27-32)23(35)30-24(29-21)33-20(9-14(3)31-33)28-22(34)17-10-15(25)5-7-19(17)26/h4-11H,1-3H3,(H,28,34)(H,29,30,35). The Morgan fingerprint density at radius 2 is 1.86 bits per heavy atom. The van der Waals surface area contributed by atoms with Crippen LogP contribution < -0.4 is 10.9 Å². The summed E-state index contributed by atoms with van der Waals surface area (Å²) in [5.41, 5.74) is 3.92. The fraction of sp³-hybridized carbons (Fsp3) is 0.125. The van der Waals surface area contributed by atoms with Gasteiger partial charge in [0.2, 0.25) is 5.95 Å². The maximum atomic E-state index is 13.0. The van der Waals surface area contributed by atoms with Crippen LogP contribution in [0.4, 0.5) is 5.82 Å². The molecule has 2 aromatic carbocycles. The largest absolute Gasteiger partial charge is 0.306 e. The molecule has 11 heteroatoms. The highest BCUT2D eigenvalue weighted by Gasteiger charge is 2.19. The molecule has 5 rings (SSSR count). The van der Waals surface area contributed by atoms with E-state index >= 15 is 0 Å². The van der Waals surface area contributed by atoms with E-state index in [0.29, 0.717) is 32.0 Å². The van der Waals surface area contributed by atoms with Crippen molar-refractivity contribution in [2.75, 3.05) is 5.32 Å². The third-order valence-corrected chi connectivity index (χ3v) is 6.43. The molecule has 0 saturated heterocycles. The fourth-order valence-corrected chi connectivity index (χ4v) is 4.22. The molecule has 0 radical (unpaired) electrons. The summed E-state index contributed by atoms with van der Waals surface area (Å²) in [6.07, 6.45) is 1.48. The van der Waals surface area contributed by atoms with Gasteiger partial charge in [-0.15, -0.1) is 0 Å². The zero-order valence-electron chi connectivity index (χ0n) is 18.9. The number of fused-ring (bicyclic) bond motifs is 1. The Hall–Kier alpha value is -3.76. The fourth-order valence-electron chi connectivity index (χ4n) is 3.66. The Morgan fingerprint density at radius 3 is 2.63 bits per heavy atom. The van der Waals surface area contributed by atoms with Gasteiger partial charge in [-0.05, 0) is 62.2 Å². The van der Waals surface area contributed by atoms with E-state index in [1.165, 1.54) is 10.9 Å². The van der Waals surface area contributed by atoms with Crippen LogP contribution in [0.1, 0.15) is 27.2 Å². The van der Waals surface area contributed by atoms with Gasteiger partial charge in [0.25, 0.3) is 11.5 Å². The zero-order chi connectivity index (χ0) is 24.9. The lowest BCUT2D eigenvalue weighted by Crippen LogP contribution is -2.19. The second-order valence-electron chi connectivity index (χ2n) is 8.11. The molecule has 0 bridgehead atoms. The number of carbonyl (C=O) groups is 1. The van der Waals surface area contributed by atoms with E-state index in [1.807, 2.05) is 32.0 Å². The highest BCUT2D eigenvalue weighted by Crippen LogP contribution is 2.24. The number of halogens is 2. The van der Waals surface area contributed by atoms with Crippen molar-refractivity contribution in [3.8, 4) is 11.6 Å². The maximum Gasteiger partial charge on any atom is 0.263 e. The second kappa shape index (κ2) is 8.79. The molecule has 9 nitrogen and oxygen atoms in total. The van der Waals surface area contributed by atoms with E-state index in [2.05, 4.69) is 41.4 Å². The molecule has 176 valence electrons. The minimum Gasteiger partial charge on any atom is -0.306 e. The number of H-pyrrole nitrogens is 1. The number of hydrogen-bond acceptors (Lipinski definition) is 5. The van der Waals surface area contributed by atoms with Crippen LogP contribution in [0, 0.1) is 20.8 Å². The van der Waals surface area contributed by atoms with Crippen molar-refractivity contribution in [2.24, 2.45) is 0 Å². The lowest BCUT2D eigenvalue weighted by atomic mass is 10.1. The zero-order valence-corrected chi connectivity index (χ0v) is 21.3. The van der Waals surface area contributed by atoms with Crippen molar-refractivity contribution in [1.29, 1.82) is 0 Å². The predicted octanol–water partition coefficient (Wildman–Crippen LogP) is 4.89. The van der Waals surface area contributed by atoms with E-state index in [-0.39, 0.29) is 17.1 Å². The SMILES string of the molecule is Cc1cc(NC(=O)c2cc(Br)ccc2Cl)n(-c2nc3c(cnn3-c3ccc(C)c(C)c3)c(=O)[nH]2)n1. The van der Waals surface area contributed by atoms with Gasteiger partial charge in [0.05, 0.1) is 28.2 Å². The Morgan fingerprint density at radius 1 is 1.06 bits per heavy atom. The number of benzene rings is 2. The number of nitrogens with zero attached hydrogens (tertiary/aromatic N) is 5. The maximum absolute atomic E-state index is 13.0. The van der Waals surface area contributed by atoms with Gasteiger partial charge in [-0.25, -0.2) is 4.68 Å². The van der Waals surface area contributed by atoms with Crippen LogP contribution in [0.15, 0.2) is 57.9 Å². The van der Waals surface area contributed by atoms with Crippen molar-refractivity contribution in [2.45, 2.75) is 20.8 Å². The van der Waals surface area contributed by atoms with Gasteiger partial charge in [-0.3, -0.25) is 14.6 Å². The molecule has 0 unspecified atom stereocenters. The summed E-state index contributed by atoms with van der Waals surface area (Å²) in [5, 5.41) is 12.3. The summed E-state index contributed by atoms with van der Waals surface area (Å²) in [4.78, 5) is 33.2. The predicted molar refractivity (Wildman–Crippen MR) is 138 cm³/mol. The normalized spacial score (nSPS) is 11.2. The van der Waals surface area contributed by atoms with E-state index in [0.717, 1.165) is 16.8 Å². The Kier molecular flexibility index (Phi) is 5.78. The molecule has 1 amide bonds. The van der Waals surface area contributed by atoms with Gasteiger partial charge in [-0.1, -0.05) is 33.6 Å². The van der Waals surface area contributed by atoms with Crippen molar-refractivity contribution in [1.82, 2.24) is 29.5 Å². The second-order valence-corrected chi connectivity index (χ2v) is 9.44. The van der Waals surface area contributed by atoms with E-state index in [1.54, 1.807) is 35.9 Å². The molecule has 2 N–H and O–H groups in total. The molecular formula is C24H19BrClN7O2. The number of aryl methyl sites for hydroxylation is 3. The van der Waals surface area contributed by atoms with Gasteiger partial charge in [-0.2, -0.15) is 19.9 Å². The molecule has 3 aromatic heterocycles. The van der Waals surface area contributed by atoms with Crippen molar-refractivity contribution in [3.63, 3.8) is 0 Å². The third kappa shape index (κ3) is 4.26. The molecule has 35 heavy (non-hydrogen) atoms. The van der Waals surface area contributed by atoms with Crippen LogP contribution in [0.3, 0.4) is 0 Å². The van der Waals surface area contributed by atoms with E-state index < -0.39 is 5.91 Å². The van der Waals surface area contributed by atoms with Gasteiger partial charge in [0.1, 0.15) is 11.2 Å². The van der Waals surface area contributed by atoms with Gasteiger partial charge in [0.15, 0.2) is 5.65 Å². The summed E-state index contributed by atoms with van der Waals surface area (Å²) < 4.78 is 3.70. The smallest absolute Gasteiger partial charge is 0.263 e. The molecule has 5 aromatic rings. The highest BCUT2D eigenvalue weighted by molar-refractivity contribution is 9.10. The Bertz CT molecular complexity index is 1690. The number of aromatic nitrogens is 6. The average Bonchev–Trinajstić information content (AvgIpc) is 3.40.